The molecule has 0 saturated carbocycles. The Morgan fingerprint density at radius 3 is 1.27 bits per heavy atom. The molecule has 0 fully saturated rings. The van der Waals surface area contributed by atoms with Gasteiger partial charge >= 0.3 is 0 Å². The lowest BCUT2D eigenvalue weighted by atomic mass is 9.91. The Labute approximate surface area is 379 Å². The highest BCUT2D eigenvalue weighted by Crippen LogP contribution is 2.49. The number of anilines is 6. The molecule has 0 spiro atoms. The van der Waals surface area contributed by atoms with Gasteiger partial charge in [0.15, 0.2) is 5.69 Å². The van der Waals surface area contributed by atoms with Crippen molar-refractivity contribution in [3.63, 3.8) is 0 Å². The Kier molecular flexibility index (Phi) is 10.2. The topological polar surface area (TPSA) is 34.6 Å². The molecule has 8 heteroatoms. The van der Waals surface area contributed by atoms with Gasteiger partial charge in [-0.25, -0.2) is 22.4 Å². The molecule has 0 unspecified atom stereocenters. The largest absolute Gasteiger partial charge is 0.307 e. The van der Waals surface area contributed by atoms with Crippen LogP contribution in [0.1, 0.15) is 27.8 Å². The first-order valence-electron chi connectivity index (χ1n) is 21.3. The number of halogens is 4. The number of hydrogen-bond acceptors (Lipinski definition) is 3. The van der Waals surface area contributed by atoms with E-state index in [1.165, 1.54) is 24.3 Å². The van der Waals surface area contributed by atoms with Crippen molar-refractivity contribution < 1.29 is 17.6 Å². The zero-order valence-electron chi connectivity index (χ0n) is 36.3. The molecule has 66 heavy (non-hydrogen) atoms. The Morgan fingerprint density at radius 2 is 0.864 bits per heavy atom. The minimum Gasteiger partial charge on any atom is -0.307 e. The minimum absolute atomic E-state index is 0.0277. The van der Waals surface area contributed by atoms with Gasteiger partial charge < -0.3 is 9.80 Å². The fraction of sp³-hybridized carbons (Fsp3) is 0.0690. The van der Waals surface area contributed by atoms with Crippen LogP contribution >= 0.6 is 0 Å². The van der Waals surface area contributed by atoms with E-state index in [0.29, 0.717) is 50.5 Å². The molecule has 0 aromatic heterocycles. The third kappa shape index (κ3) is 7.01. The highest BCUT2D eigenvalue weighted by Gasteiger charge is 2.26. The van der Waals surface area contributed by atoms with Crippen molar-refractivity contribution in [2.45, 2.75) is 27.7 Å². The third-order valence-corrected chi connectivity index (χ3v) is 12.8. The van der Waals surface area contributed by atoms with Crippen molar-refractivity contribution in [3.05, 3.63) is 220 Å². The lowest BCUT2D eigenvalue weighted by molar-refractivity contribution is 0.604. The molecule has 0 atom stereocenters. The van der Waals surface area contributed by atoms with E-state index in [-0.39, 0.29) is 22.5 Å². The summed E-state index contributed by atoms with van der Waals surface area (Å²) in [7, 11) is 0. The number of benzene rings is 10. The Balaban J connectivity index is 1.19. The second-order valence-corrected chi connectivity index (χ2v) is 16.7. The maximum absolute atomic E-state index is 16.8. The zero-order chi connectivity index (χ0) is 46.0. The number of rotatable bonds is 8. The van der Waals surface area contributed by atoms with Crippen LogP contribution in [-0.4, -0.2) is 0 Å². The normalized spacial score (nSPS) is 11.3. The molecule has 0 saturated heterocycles. The second kappa shape index (κ2) is 16.3. The average Bonchev–Trinajstić information content (AvgIpc) is 3.33. The van der Waals surface area contributed by atoms with Crippen molar-refractivity contribution in [2.24, 2.45) is 0 Å². The summed E-state index contributed by atoms with van der Waals surface area (Å²) < 4.78 is 66.6. The molecule has 0 radical (unpaired) electrons. The first-order chi connectivity index (χ1) is 31.9. The van der Waals surface area contributed by atoms with Gasteiger partial charge in [-0.15, -0.1) is 0 Å². The number of hydrogen-bond donors (Lipinski definition) is 0. The van der Waals surface area contributed by atoms with Crippen LogP contribution in [-0.2, 0) is 0 Å². The SMILES string of the molecule is [C-]#[N+]c1ccc(N(c2cc(F)c(-c3ccc(C)c(C)c3)cc2F)c2ccc3ccc4c(N(c5ccc(C#N)cc5)c5cc(F)c(-c6ccc(C)c(C)c6)cc5F)ccc5ccc2c3c54)cc1. The highest BCUT2D eigenvalue weighted by molar-refractivity contribution is 6.28. The molecule has 0 aliphatic rings. The molecule has 10 aromatic rings. The first kappa shape index (κ1) is 41.5. The lowest BCUT2D eigenvalue weighted by Gasteiger charge is -2.30. The smallest absolute Gasteiger partial charge is 0.187 e. The highest BCUT2D eigenvalue weighted by atomic mass is 19.1. The lowest BCUT2D eigenvalue weighted by Crippen LogP contribution is -2.14. The van der Waals surface area contributed by atoms with Gasteiger partial charge in [0.05, 0.1) is 41.0 Å². The summed E-state index contributed by atoms with van der Waals surface area (Å²) in [4.78, 5) is 6.89. The van der Waals surface area contributed by atoms with Crippen LogP contribution in [0.4, 0.5) is 57.4 Å². The van der Waals surface area contributed by atoms with Crippen molar-refractivity contribution in [1.29, 1.82) is 5.26 Å². The van der Waals surface area contributed by atoms with Crippen molar-refractivity contribution >= 4 is 72.1 Å². The third-order valence-electron chi connectivity index (χ3n) is 12.8. The molecule has 10 aromatic carbocycles. The van der Waals surface area contributed by atoms with Gasteiger partial charge in [0, 0.05) is 45.4 Å². The molecule has 0 heterocycles. The van der Waals surface area contributed by atoms with E-state index in [9.17, 15) is 5.26 Å². The summed E-state index contributed by atoms with van der Waals surface area (Å²) in [6.45, 7) is 15.4. The standard InChI is InChI=1S/C58H38F4N4/c1-33-6-10-40(26-35(33)3)47-28-51(61)55(30-49(47)59)65(43-18-8-37(32-63)9-19-43)53-24-14-38-13-23-46-54(25-15-39-12-22-45(53)57(38)58(39)46)66(44-20-16-42(64-5)17-21-44)56-31-50(60)48(29-52(56)62)41-11-7-34(2)36(4)27-41/h6-31H,1-4H3. The molecule has 0 aliphatic heterocycles. The molecular formula is C58H38F4N4. The monoisotopic (exact) mass is 866 g/mol. The van der Waals surface area contributed by atoms with Gasteiger partial charge in [-0.1, -0.05) is 84.9 Å². The quantitative estimate of drug-likeness (QED) is 0.0867. The van der Waals surface area contributed by atoms with Gasteiger partial charge in [-0.3, -0.25) is 0 Å². The molecule has 0 N–H and O–H groups in total. The maximum Gasteiger partial charge on any atom is 0.187 e. The number of aryl methyl sites for hydroxylation is 4. The fourth-order valence-corrected chi connectivity index (χ4v) is 9.01. The first-order valence-corrected chi connectivity index (χ1v) is 21.3. The second-order valence-electron chi connectivity index (χ2n) is 16.7. The van der Waals surface area contributed by atoms with Crippen LogP contribution in [0.2, 0.25) is 0 Å². The van der Waals surface area contributed by atoms with E-state index in [0.717, 1.165) is 49.2 Å². The molecule has 0 aliphatic carbocycles. The summed E-state index contributed by atoms with van der Waals surface area (Å²) in [5, 5.41) is 14.5. The van der Waals surface area contributed by atoms with Crippen molar-refractivity contribution in [3.8, 4) is 28.3 Å². The molecule has 0 amide bonds. The van der Waals surface area contributed by atoms with Crippen LogP contribution < -0.4 is 9.80 Å². The van der Waals surface area contributed by atoms with Gasteiger partial charge in [0.1, 0.15) is 23.3 Å². The summed E-state index contributed by atoms with van der Waals surface area (Å²) in [5.41, 5.74) is 8.20. The Hall–Kier alpha value is -8.46. The summed E-state index contributed by atoms with van der Waals surface area (Å²) in [5.74, 6) is -2.51. The van der Waals surface area contributed by atoms with Crippen LogP contribution in [0.5, 0.6) is 0 Å². The molecule has 10 rings (SSSR count). The van der Waals surface area contributed by atoms with E-state index in [4.69, 9.17) is 6.57 Å². The maximum atomic E-state index is 16.8. The van der Waals surface area contributed by atoms with Crippen LogP contribution in [0.15, 0.2) is 158 Å². The Bertz CT molecular complexity index is 3420. The van der Waals surface area contributed by atoms with Gasteiger partial charge in [0.25, 0.3) is 0 Å². The molecule has 318 valence electrons. The van der Waals surface area contributed by atoms with Crippen LogP contribution in [0.3, 0.4) is 0 Å². The number of nitrogens with zero attached hydrogens (tertiary/aromatic N) is 4. The predicted octanol–water partition coefficient (Wildman–Crippen LogP) is 17.1. The molecule has 4 nitrogen and oxygen atoms in total. The molecular weight excluding hydrogens is 829 g/mol. The predicted molar refractivity (Wildman–Crippen MR) is 260 cm³/mol. The summed E-state index contributed by atoms with van der Waals surface area (Å²) >= 11 is 0. The van der Waals surface area contributed by atoms with E-state index in [2.05, 4.69) is 10.9 Å². The van der Waals surface area contributed by atoms with E-state index in [1.54, 1.807) is 70.5 Å². The van der Waals surface area contributed by atoms with Crippen LogP contribution in [0, 0.1) is 68.9 Å². The summed E-state index contributed by atoms with van der Waals surface area (Å²) in [6, 6.07) is 46.9. The van der Waals surface area contributed by atoms with E-state index in [1.807, 2.05) is 100 Å². The van der Waals surface area contributed by atoms with Gasteiger partial charge in [0.2, 0.25) is 0 Å². The number of nitriles is 1. The van der Waals surface area contributed by atoms with E-state index < -0.39 is 23.3 Å². The summed E-state index contributed by atoms with van der Waals surface area (Å²) in [6.07, 6.45) is 0. The van der Waals surface area contributed by atoms with E-state index >= 15 is 17.6 Å². The minimum atomic E-state index is -0.653. The zero-order valence-corrected chi connectivity index (χ0v) is 36.3. The van der Waals surface area contributed by atoms with Crippen LogP contribution in [0.25, 0.3) is 59.4 Å². The van der Waals surface area contributed by atoms with Gasteiger partial charge in [-0.2, -0.15) is 5.26 Å². The van der Waals surface area contributed by atoms with Crippen molar-refractivity contribution in [1.82, 2.24) is 0 Å². The Morgan fingerprint density at radius 1 is 0.439 bits per heavy atom. The molecule has 0 bridgehead atoms. The van der Waals surface area contributed by atoms with Crippen molar-refractivity contribution in [2.75, 3.05) is 9.80 Å². The average molecular weight is 867 g/mol. The van der Waals surface area contributed by atoms with Gasteiger partial charge in [-0.05, 0) is 143 Å². The fourth-order valence-electron chi connectivity index (χ4n) is 9.01.